The first-order valence-electron chi connectivity index (χ1n) is 11.3. The maximum atomic E-state index is 14.7. The van der Waals surface area contributed by atoms with Gasteiger partial charge in [0.05, 0.1) is 6.61 Å². The Morgan fingerprint density at radius 3 is 2.21 bits per heavy atom. The molecule has 1 aliphatic heterocycles. The molecule has 0 saturated heterocycles. The molecule has 2 aromatic carbocycles. The van der Waals surface area contributed by atoms with Crippen LogP contribution in [0.25, 0.3) is 11.3 Å². The molecular weight excluding hydrogens is 520 g/mol. The molecule has 1 unspecified atom stereocenters. The van der Waals surface area contributed by atoms with Crippen LogP contribution >= 0.6 is 0 Å². The molecule has 0 saturated carbocycles. The standard InChI is InChI=1S/C24H21F6N5O3/c1-14-3-5-15(6-4-14)18-13-22(24(28,29)30,31-20(36)19(18)35-21(37)32-33-34-35)16-7-9-17(10-8-16)38-12-2-11-23(25,26)27/h3-10H,2,11-13H2,1H3,(H,31,36)(H,32,34,37). The highest BCUT2D eigenvalue weighted by molar-refractivity contribution is 6.23. The van der Waals surface area contributed by atoms with Crippen LogP contribution in [0.5, 0.6) is 5.75 Å². The third-order valence-corrected chi connectivity index (χ3v) is 6.06. The summed E-state index contributed by atoms with van der Waals surface area (Å²) in [6, 6.07) is 10.9. The Morgan fingerprint density at radius 1 is 1.00 bits per heavy atom. The number of tetrazole rings is 1. The summed E-state index contributed by atoms with van der Waals surface area (Å²) < 4.78 is 87.0. The zero-order valence-electron chi connectivity index (χ0n) is 19.8. The Morgan fingerprint density at radius 2 is 1.66 bits per heavy atom. The average molecular weight is 541 g/mol. The van der Waals surface area contributed by atoms with Gasteiger partial charge in [-0.2, -0.15) is 31.0 Å². The molecule has 2 N–H and O–H groups in total. The number of aromatic amines is 1. The smallest absolute Gasteiger partial charge is 0.416 e. The normalized spacial score (nSPS) is 18.4. The molecule has 2 heterocycles. The zero-order chi connectivity index (χ0) is 27.7. The van der Waals surface area contributed by atoms with Gasteiger partial charge in [0.2, 0.25) is 0 Å². The second-order valence-electron chi connectivity index (χ2n) is 8.74. The maximum Gasteiger partial charge on any atom is 0.416 e. The van der Waals surface area contributed by atoms with E-state index in [-0.39, 0.29) is 35.5 Å². The third kappa shape index (κ3) is 5.43. The van der Waals surface area contributed by atoms with E-state index in [2.05, 4.69) is 10.4 Å². The van der Waals surface area contributed by atoms with Crippen molar-refractivity contribution in [3.63, 3.8) is 0 Å². The topological polar surface area (TPSA) is 102 Å². The van der Waals surface area contributed by atoms with Crippen molar-refractivity contribution in [2.75, 3.05) is 6.61 Å². The monoisotopic (exact) mass is 541 g/mol. The van der Waals surface area contributed by atoms with Gasteiger partial charge in [-0.3, -0.25) is 4.79 Å². The van der Waals surface area contributed by atoms with Gasteiger partial charge in [-0.25, -0.2) is 9.89 Å². The van der Waals surface area contributed by atoms with Gasteiger partial charge in [0.15, 0.2) is 5.54 Å². The van der Waals surface area contributed by atoms with Crippen LogP contribution in [0.2, 0.25) is 0 Å². The van der Waals surface area contributed by atoms with Gasteiger partial charge < -0.3 is 10.1 Å². The Kier molecular flexibility index (Phi) is 7.08. The first-order valence-corrected chi connectivity index (χ1v) is 11.3. The number of hydrogen-bond acceptors (Lipinski definition) is 5. The van der Waals surface area contributed by atoms with Gasteiger partial charge in [-0.15, -0.1) is 0 Å². The number of ether oxygens (including phenoxy) is 1. The van der Waals surface area contributed by atoms with E-state index in [4.69, 9.17) is 4.74 Å². The number of hydrogen-bond donors (Lipinski definition) is 2. The molecule has 14 heteroatoms. The lowest BCUT2D eigenvalue weighted by Gasteiger charge is -2.41. The van der Waals surface area contributed by atoms with E-state index in [1.54, 1.807) is 19.1 Å². The summed E-state index contributed by atoms with van der Waals surface area (Å²) in [4.78, 5) is 25.4. The number of benzene rings is 2. The van der Waals surface area contributed by atoms with Gasteiger partial charge in [-0.1, -0.05) is 42.0 Å². The molecule has 0 fully saturated rings. The van der Waals surface area contributed by atoms with E-state index < -0.39 is 48.0 Å². The molecule has 0 aliphatic carbocycles. The van der Waals surface area contributed by atoms with Crippen molar-refractivity contribution >= 4 is 17.2 Å². The molecule has 0 bridgehead atoms. The molecule has 8 nitrogen and oxygen atoms in total. The highest BCUT2D eigenvalue weighted by atomic mass is 19.4. The number of halogens is 6. The largest absolute Gasteiger partial charge is 0.494 e. The van der Waals surface area contributed by atoms with Crippen molar-refractivity contribution in [3.05, 3.63) is 75.7 Å². The van der Waals surface area contributed by atoms with Crippen LogP contribution in [0.15, 0.2) is 53.3 Å². The molecule has 1 amide bonds. The molecule has 1 aliphatic rings. The Hall–Kier alpha value is -4.10. The Bertz CT molecular complexity index is 1390. The van der Waals surface area contributed by atoms with Crippen LogP contribution in [0.1, 0.15) is 36.0 Å². The fourth-order valence-corrected chi connectivity index (χ4v) is 4.15. The van der Waals surface area contributed by atoms with Gasteiger partial charge in [0, 0.05) is 12.8 Å². The third-order valence-electron chi connectivity index (χ3n) is 6.06. The lowest BCUT2D eigenvalue weighted by molar-refractivity contribution is -0.201. The number of carbonyl (C=O) groups is 1. The number of nitrogens with zero attached hydrogens (tertiary/aromatic N) is 3. The van der Waals surface area contributed by atoms with Crippen LogP contribution < -0.4 is 15.7 Å². The maximum absolute atomic E-state index is 14.7. The number of nitrogens with one attached hydrogen (secondary N) is 2. The number of amides is 1. The molecule has 1 aromatic heterocycles. The van der Waals surface area contributed by atoms with Crippen molar-refractivity contribution in [3.8, 4) is 5.75 Å². The van der Waals surface area contributed by atoms with Crippen molar-refractivity contribution in [1.82, 2.24) is 25.5 Å². The number of aromatic nitrogens is 4. The molecule has 0 radical (unpaired) electrons. The Labute approximate surface area is 211 Å². The van der Waals surface area contributed by atoms with E-state index in [0.29, 0.717) is 4.68 Å². The lowest BCUT2D eigenvalue weighted by atomic mass is 9.77. The summed E-state index contributed by atoms with van der Waals surface area (Å²) in [5.41, 5.74) is -3.54. The average Bonchev–Trinajstić information content (AvgIpc) is 3.26. The van der Waals surface area contributed by atoms with Gasteiger partial charge >= 0.3 is 18.0 Å². The minimum Gasteiger partial charge on any atom is -0.494 e. The van der Waals surface area contributed by atoms with Gasteiger partial charge in [0.25, 0.3) is 5.91 Å². The molecule has 4 rings (SSSR count). The number of alkyl halides is 6. The molecule has 202 valence electrons. The van der Waals surface area contributed by atoms with E-state index in [0.717, 1.165) is 17.7 Å². The fourth-order valence-electron chi connectivity index (χ4n) is 4.15. The second kappa shape index (κ2) is 9.99. The van der Waals surface area contributed by atoms with E-state index >= 15 is 0 Å². The first-order chi connectivity index (χ1) is 17.8. The first kappa shape index (κ1) is 26.9. The molecule has 3 aromatic rings. The summed E-state index contributed by atoms with van der Waals surface area (Å²) >= 11 is 0. The SMILES string of the molecule is Cc1ccc(C2=C(n3nn[nH]c3=O)C(=O)NC(c3ccc(OCCCC(F)(F)F)cc3)(C(F)(F)F)C2)cc1. The lowest BCUT2D eigenvalue weighted by Crippen LogP contribution is -2.59. The summed E-state index contributed by atoms with van der Waals surface area (Å²) in [6.07, 6.45) is -11.5. The number of carbonyl (C=O) groups excluding carboxylic acids is 1. The summed E-state index contributed by atoms with van der Waals surface area (Å²) in [7, 11) is 0. The van der Waals surface area contributed by atoms with Crippen LogP contribution in [0.3, 0.4) is 0 Å². The number of aryl methyl sites for hydroxylation is 1. The fraction of sp³-hybridized carbons (Fsp3) is 0.333. The molecule has 0 spiro atoms. The molecule has 1 atom stereocenters. The van der Waals surface area contributed by atoms with Crippen LogP contribution in [0, 0.1) is 6.92 Å². The van der Waals surface area contributed by atoms with Crippen LogP contribution in [-0.2, 0) is 10.3 Å². The highest BCUT2D eigenvalue weighted by Gasteiger charge is 2.60. The highest BCUT2D eigenvalue weighted by Crippen LogP contribution is 2.49. The zero-order valence-corrected chi connectivity index (χ0v) is 19.8. The van der Waals surface area contributed by atoms with Gasteiger partial charge in [-0.05, 0) is 52.6 Å². The summed E-state index contributed by atoms with van der Waals surface area (Å²) in [6.45, 7) is 1.50. The van der Waals surface area contributed by atoms with Crippen LogP contribution in [-0.4, -0.2) is 45.1 Å². The van der Waals surface area contributed by atoms with E-state index in [1.165, 1.54) is 24.3 Å². The van der Waals surface area contributed by atoms with Crippen molar-refractivity contribution in [2.24, 2.45) is 0 Å². The van der Waals surface area contributed by atoms with Crippen LogP contribution in [0.4, 0.5) is 26.3 Å². The molecule has 38 heavy (non-hydrogen) atoms. The van der Waals surface area contributed by atoms with E-state index in [9.17, 15) is 35.9 Å². The second-order valence-corrected chi connectivity index (χ2v) is 8.74. The Balaban J connectivity index is 1.74. The molecular formula is C24H21F6N5O3. The predicted octanol–water partition coefficient (Wildman–Crippen LogP) is 4.34. The predicted molar refractivity (Wildman–Crippen MR) is 123 cm³/mol. The summed E-state index contributed by atoms with van der Waals surface area (Å²) in [5.74, 6) is -1.13. The van der Waals surface area contributed by atoms with Crippen molar-refractivity contribution in [1.29, 1.82) is 0 Å². The minimum atomic E-state index is -4.99. The van der Waals surface area contributed by atoms with E-state index in [1.807, 2.05) is 10.4 Å². The minimum absolute atomic E-state index is 0.0690. The van der Waals surface area contributed by atoms with Crippen molar-refractivity contribution in [2.45, 2.75) is 44.1 Å². The summed E-state index contributed by atoms with van der Waals surface area (Å²) in [5, 5.41) is 10.9. The quantitative estimate of drug-likeness (QED) is 0.342. The number of H-pyrrole nitrogens is 1. The number of rotatable bonds is 7. The van der Waals surface area contributed by atoms with Gasteiger partial charge in [0.1, 0.15) is 11.4 Å². The van der Waals surface area contributed by atoms with Crippen molar-refractivity contribution < 1.29 is 35.9 Å².